The van der Waals surface area contributed by atoms with Crippen molar-refractivity contribution in [3.8, 4) is 0 Å². The third kappa shape index (κ3) is 4.12. The number of carbonyl (C=O) groups excluding carboxylic acids is 2. The lowest BCUT2D eigenvalue weighted by molar-refractivity contribution is -0.0958. The summed E-state index contributed by atoms with van der Waals surface area (Å²) in [7, 11) is 21.6. The predicted molar refractivity (Wildman–Crippen MR) is 111 cm³/mol. The van der Waals surface area contributed by atoms with E-state index in [0.29, 0.717) is 4.90 Å². The summed E-state index contributed by atoms with van der Waals surface area (Å²) >= 11 is 0. The molecule has 19 heteroatoms. The van der Waals surface area contributed by atoms with E-state index in [1.807, 2.05) is 0 Å². The van der Waals surface area contributed by atoms with Gasteiger partial charge in [-0.1, -0.05) is 0 Å². The zero-order valence-corrected chi connectivity index (χ0v) is 17.5. The van der Waals surface area contributed by atoms with Crippen LogP contribution in [0.25, 0.3) is 5.65 Å². The first-order chi connectivity index (χ1) is 16.2. The Hall–Kier alpha value is -3.52. The van der Waals surface area contributed by atoms with Gasteiger partial charge in [-0.05, 0) is 21.9 Å². The molecule has 0 aliphatic carbocycles. The zero-order chi connectivity index (χ0) is 25.8. The Balaban J connectivity index is 1.50. The minimum atomic E-state index is -4.13. The van der Waals surface area contributed by atoms with Crippen molar-refractivity contribution in [2.75, 3.05) is 0 Å². The van der Waals surface area contributed by atoms with Crippen molar-refractivity contribution in [2.24, 2.45) is 0 Å². The first-order valence-corrected chi connectivity index (χ1v) is 9.59. The molecule has 2 N–H and O–H groups in total. The van der Waals surface area contributed by atoms with E-state index in [9.17, 15) is 27.2 Å². The molecule has 3 aromatic rings. The summed E-state index contributed by atoms with van der Waals surface area (Å²) in [5, 5.41) is 8.24. The van der Waals surface area contributed by atoms with E-state index in [2.05, 4.69) is 30.3 Å². The van der Waals surface area contributed by atoms with Gasteiger partial charge in [0.05, 0.1) is 56.0 Å². The average molecular weight is 482 g/mol. The Morgan fingerprint density at radius 3 is 2.63 bits per heavy atom. The van der Waals surface area contributed by atoms with Crippen LogP contribution in [0.5, 0.6) is 0 Å². The molecule has 1 aliphatic rings. The van der Waals surface area contributed by atoms with Crippen molar-refractivity contribution in [3.05, 3.63) is 41.1 Å². The SMILES string of the molecule is [B]C1([B])NC(=O)N(Cc2cnn3cc(CNC(=O)c4nonc4C(F)F)nc3c2)C([B])([B])C1(F)F. The molecule has 4 heterocycles. The Morgan fingerprint density at radius 1 is 1.23 bits per heavy atom. The maximum Gasteiger partial charge on any atom is 0.316 e. The number of imidazole rings is 1. The van der Waals surface area contributed by atoms with Crippen LogP contribution in [-0.4, -0.2) is 89.7 Å². The van der Waals surface area contributed by atoms with Gasteiger partial charge in [0.2, 0.25) is 5.69 Å². The van der Waals surface area contributed by atoms with Crippen LogP contribution in [0, 0.1) is 0 Å². The van der Waals surface area contributed by atoms with Crippen molar-refractivity contribution >= 4 is 49.0 Å². The van der Waals surface area contributed by atoms with Gasteiger partial charge in [0, 0.05) is 17.2 Å². The third-order valence-electron chi connectivity index (χ3n) is 5.16. The summed E-state index contributed by atoms with van der Waals surface area (Å²) < 4.78 is 60.3. The molecule has 3 aromatic heterocycles. The van der Waals surface area contributed by atoms with E-state index in [1.54, 1.807) is 5.32 Å². The van der Waals surface area contributed by atoms with Gasteiger partial charge in [-0.15, -0.1) is 0 Å². The number of hydrogen-bond acceptors (Lipinski definition) is 7. The maximum absolute atomic E-state index is 14.6. The minimum Gasteiger partial charge on any atom is -0.345 e. The average Bonchev–Trinajstić information content (AvgIpc) is 3.41. The van der Waals surface area contributed by atoms with E-state index in [4.69, 9.17) is 31.4 Å². The van der Waals surface area contributed by atoms with Crippen LogP contribution in [0.4, 0.5) is 22.4 Å². The summed E-state index contributed by atoms with van der Waals surface area (Å²) in [6, 6.07) is 0.256. The lowest BCUT2D eigenvalue weighted by Crippen LogP contribution is -2.82. The lowest BCUT2D eigenvalue weighted by Gasteiger charge is -2.56. The van der Waals surface area contributed by atoms with Gasteiger partial charge < -0.3 is 15.5 Å². The van der Waals surface area contributed by atoms with Gasteiger partial charge in [-0.25, -0.2) is 36.5 Å². The highest BCUT2D eigenvalue weighted by Gasteiger charge is 2.62. The summed E-state index contributed by atoms with van der Waals surface area (Å²) in [5.41, 5.74) is -0.927. The normalized spacial score (nSPS) is 18.5. The number of carbonyl (C=O) groups is 2. The summed E-state index contributed by atoms with van der Waals surface area (Å²) in [6.45, 7) is -0.722. The quantitative estimate of drug-likeness (QED) is 0.345. The van der Waals surface area contributed by atoms with Gasteiger partial charge >= 0.3 is 6.03 Å². The van der Waals surface area contributed by atoms with Crippen molar-refractivity contribution in [3.63, 3.8) is 0 Å². The van der Waals surface area contributed by atoms with Crippen molar-refractivity contribution in [1.82, 2.24) is 40.4 Å². The van der Waals surface area contributed by atoms with E-state index in [0.717, 1.165) is 0 Å². The zero-order valence-electron chi connectivity index (χ0n) is 17.5. The number of fused-ring (bicyclic) bond motifs is 1. The number of hydrogen-bond donors (Lipinski definition) is 2. The van der Waals surface area contributed by atoms with Crippen LogP contribution in [0.1, 0.15) is 33.9 Å². The first kappa shape index (κ1) is 24.6. The van der Waals surface area contributed by atoms with Gasteiger partial charge in [0.15, 0.2) is 11.3 Å². The van der Waals surface area contributed by atoms with Crippen molar-refractivity contribution in [1.29, 1.82) is 0 Å². The second-order valence-electron chi connectivity index (χ2n) is 7.67. The number of amides is 3. The molecule has 0 bridgehead atoms. The number of aromatic nitrogens is 5. The summed E-state index contributed by atoms with van der Waals surface area (Å²) in [4.78, 5) is 29.0. The molecule has 1 fully saturated rings. The number of nitrogens with one attached hydrogen (secondary N) is 2. The second kappa shape index (κ2) is 8.30. The van der Waals surface area contributed by atoms with Crippen molar-refractivity contribution < 1.29 is 31.8 Å². The minimum absolute atomic E-state index is 0.193. The van der Waals surface area contributed by atoms with Crippen LogP contribution in [-0.2, 0) is 13.1 Å². The van der Waals surface area contributed by atoms with Crippen LogP contribution in [0.3, 0.4) is 0 Å². The molecule has 35 heavy (non-hydrogen) atoms. The van der Waals surface area contributed by atoms with E-state index in [1.165, 1.54) is 23.0 Å². The Morgan fingerprint density at radius 2 is 1.94 bits per heavy atom. The molecule has 1 aliphatic heterocycles. The molecule has 3 amide bonds. The van der Waals surface area contributed by atoms with Gasteiger partial charge in [0.1, 0.15) is 0 Å². The highest BCUT2D eigenvalue weighted by molar-refractivity contribution is 6.48. The van der Waals surface area contributed by atoms with E-state index in [-0.39, 0.29) is 23.4 Å². The monoisotopic (exact) mass is 482 g/mol. The predicted octanol–water partition coefficient (Wildman–Crippen LogP) is -0.878. The molecule has 172 valence electrons. The molecule has 4 rings (SSSR count). The van der Waals surface area contributed by atoms with Crippen LogP contribution in [0.2, 0.25) is 0 Å². The molecule has 0 spiro atoms. The van der Waals surface area contributed by atoms with E-state index >= 15 is 0 Å². The van der Waals surface area contributed by atoms with Crippen LogP contribution < -0.4 is 10.6 Å². The molecule has 1 saturated heterocycles. The Kier molecular flexibility index (Phi) is 5.84. The van der Waals surface area contributed by atoms with Gasteiger partial charge in [-0.2, -0.15) is 5.10 Å². The van der Waals surface area contributed by atoms with Crippen molar-refractivity contribution in [2.45, 2.75) is 36.1 Å². The Labute approximate surface area is 199 Å². The molecule has 0 unspecified atom stereocenters. The first-order valence-electron chi connectivity index (χ1n) is 9.59. The third-order valence-corrected chi connectivity index (χ3v) is 5.16. The number of nitrogens with zero attached hydrogens (tertiary/aromatic N) is 6. The topological polar surface area (TPSA) is 131 Å². The van der Waals surface area contributed by atoms with Crippen LogP contribution in [0.15, 0.2) is 23.1 Å². The van der Waals surface area contributed by atoms with Gasteiger partial charge in [0.25, 0.3) is 18.3 Å². The fourth-order valence-corrected chi connectivity index (χ4v) is 3.26. The largest absolute Gasteiger partial charge is 0.345 e. The smallest absolute Gasteiger partial charge is 0.316 e. The van der Waals surface area contributed by atoms with E-state index < -0.39 is 52.9 Å². The highest BCUT2D eigenvalue weighted by atomic mass is 19.3. The highest BCUT2D eigenvalue weighted by Crippen LogP contribution is 2.40. The van der Waals surface area contributed by atoms with Gasteiger partial charge in [-0.3, -0.25) is 4.79 Å². The second-order valence-corrected chi connectivity index (χ2v) is 7.67. The number of alkyl halides is 4. The fourth-order valence-electron chi connectivity index (χ4n) is 3.26. The molecular formula is C16H10B4F4N8O3. The number of urea groups is 1. The number of halogens is 4. The number of rotatable bonds is 6. The fraction of sp³-hybridized carbons (Fsp3) is 0.375. The Bertz CT molecular complexity index is 1300. The molecular weight excluding hydrogens is 471 g/mol. The summed E-state index contributed by atoms with van der Waals surface area (Å²) in [5.74, 6) is -5.10. The standard InChI is InChI=1S/C16H10B4F4N8O3/c17-15(18)14(23,24)16(19,20)31(13(34)28-15)4-6-1-8-27-7(5-32(8)26-2-6)3-25-12(33)10-9(11(21)22)29-35-30-10/h1-2,5,11H,3-4H2,(H,25,33)(H,28,34). The molecule has 11 nitrogen and oxygen atoms in total. The molecule has 0 atom stereocenters. The van der Waals surface area contributed by atoms with Crippen LogP contribution >= 0.6 is 0 Å². The molecule has 0 aromatic carbocycles. The lowest BCUT2D eigenvalue weighted by atomic mass is 9.43. The molecule has 0 saturated carbocycles. The molecule has 8 radical (unpaired) electrons. The summed E-state index contributed by atoms with van der Waals surface area (Å²) in [6.07, 6.45) is -0.418. The maximum atomic E-state index is 14.6.